The van der Waals surface area contributed by atoms with Gasteiger partial charge >= 0.3 is 0 Å². The molecule has 36 heavy (non-hydrogen) atoms. The second kappa shape index (κ2) is 11.5. The van der Waals surface area contributed by atoms with E-state index in [-0.39, 0.29) is 0 Å². The summed E-state index contributed by atoms with van der Waals surface area (Å²) >= 11 is 0. The van der Waals surface area contributed by atoms with Gasteiger partial charge in [0, 0.05) is 48.2 Å². The van der Waals surface area contributed by atoms with Gasteiger partial charge in [-0.25, -0.2) is 4.98 Å². The van der Waals surface area contributed by atoms with Gasteiger partial charge in [0.15, 0.2) is 17.3 Å². The van der Waals surface area contributed by atoms with Crippen LogP contribution in [0.3, 0.4) is 0 Å². The van der Waals surface area contributed by atoms with Crippen molar-refractivity contribution in [1.82, 2.24) is 14.5 Å². The fourth-order valence-corrected chi connectivity index (χ4v) is 5.11. The van der Waals surface area contributed by atoms with Gasteiger partial charge in [0.1, 0.15) is 0 Å². The molecule has 2 heterocycles. The van der Waals surface area contributed by atoms with Crippen LogP contribution in [0.2, 0.25) is 0 Å². The number of benzene rings is 2. The first kappa shape index (κ1) is 25.6. The number of fused-ring (bicyclic) bond motifs is 3. The van der Waals surface area contributed by atoms with Gasteiger partial charge in [0.25, 0.3) is 0 Å². The van der Waals surface area contributed by atoms with Crippen molar-refractivity contribution < 1.29 is 14.2 Å². The molecule has 0 saturated heterocycles. The highest BCUT2D eigenvalue weighted by Crippen LogP contribution is 2.41. The molecule has 192 valence electrons. The number of aryl methyl sites for hydroxylation is 1. The van der Waals surface area contributed by atoms with Crippen LogP contribution in [0.25, 0.3) is 21.8 Å². The minimum absolute atomic E-state index is 0.608. The Morgan fingerprint density at radius 1 is 0.833 bits per heavy atom. The molecule has 0 atom stereocenters. The van der Waals surface area contributed by atoms with Gasteiger partial charge in [0.05, 0.1) is 26.8 Å². The van der Waals surface area contributed by atoms with E-state index in [1.54, 1.807) is 21.3 Å². The molecule has 4 rings (SSSR count). The predicted octanol–water partition coefficient (Wildman–Crippen LogP) is 5.49. The predicted molar refractivity (Wildman–Crippen MR) is 148 cm³/mol. The third kappa shape index (κ3) is 4.80. The van der Waals surface area contributed by atoms with Gasteiger partial charge < -0.3 is 28.6 Å². The SMILES string of the molecule is CCN(CC)CCCN(Cc1ccc(OC)c(OC)c1OC)c1nccc2c3ccccc3n(C)c12. The van der Waals surface area contributed by atoms with E-state index in [2.05, 4.69) is 71.7 Å². The lowest BCUT2D eigenvalue weighted by Crippen LogP contribution is -2.30. The normalized spacial score (nSPS) is 11.4. The summed E-state index contributed by atoms with van der Waals surface area (Å²) < 4.78 is 19.2. The zero-order valence-electron chi connectivity index (χ0n) is 22.4. The van der Waals surface area contributed by atoms with Crippen molar-refractivity contribution in [1.29, 1.82) is 0 Å². The van der Waals surface area contributed by atoms with Crippen molar-refractivity contribution in [3.8, 4) is 17.2 Å². The Morgan fingerprint density at radius 2 is 1.58 bits per heavy atom. The van der Waals surface area contributed by atoms with Crippen LogP contribution in [0, 0.1) is 0 Å². The molecule has 0 fully saturated rings. The number of aromatic nitrogens is 2. The van der Waals surface area contributed by atoms with E-state index < -0.39 is 0 Å². The first-order chi connectivity index (χ1) is 17.6. The van der Waals surface area contributed by atoms with Crippen LogP contribution in [0.1, 0.15) is 25.8 Å². The molecule has 7 nitrogen and oxygen atoms in total. The molecule has 0 aliphatic rings. The number of ether oxygens (including phenoxy) is 3. The standard InChI is InChI=1S/C29H38N4O3/c1-7-32(8-2)18-11-19-33(20-21-14-15-25(34-4)28(36-6)27(21)35-5)29-26-23(16-17-30-29)22-12-9-10-13-24(22)31(26)3/h9-10,12-17H,7-8,11,18-20H2,1-6H3. The first-order valence-corrected chi connectivity index (χ1v) is 12.6. The maximum Gasteiger partial charge on any atom is 0.203 e. The highest BCUT2D eigenvalue weighted by atomic mass is 16.5. The van der Waals surface area contributed by atoms with Crippen molar-refractivity contribution in [3.63, 3.8) is 0 Å². The third-order valence-corrected chi connectivity index (χ3v) is 7.04. The van der Waals surface area contributed by atoms with Gasteiger partial charge in [-0.05, 0) is 50.3 Å². The van der Waals surface area contributed by atoms with E-state index in [1.165, 1.54) is 16.3 Å². The molecule has 7 heteroatoms. The summed E-state index contributed by atoms with van der Waals surface area (Å²) in [4.78, 5) is 9.75. The highest BCUT2D eigenvalue weighted by molar-refractivity contribution is 6.11. The summed E-state index contributed by atoms with van der Waals surface area (Å²) in [6.07, 6.45) is 2.95. The summed E-state index contributed by atoms with van der Waals surface area (Å²) in [6.45, 7) is 9.07. The van der Waals surface area contributed by atoms with Crippen molar-refractivity contribution >= 4 is 27.6 Å². The largest absolute Gasteiger partial charge is 0.493 e. The van der Waals surface area contributed by atoms with Crippen molar-refractivity contribution in [2.45, 2.75) is 26.8 Å². The number of anilines is 1. The van der Waals surface area contributed by atoms with Crippen molar-refractivity contribution in [2.24, 2.45) is 7.05 Å². The summed E-state index contributed by atoms with van der Waals surface area (Å²) in [6, 6.07) is 14.6. The van der Waals surface area contributed by atoms with E-state index in [9.17, 15) is 0 Å². The van der Waals surface area contributed by atoms with Gasteiger partial charge in [-0.15, -0.1) is 0 Å². The molecule has 0 bridgehead atoms. The van der Waals surface area contributed by atoms with Gasteiger partial charge in [-0.2, -0.15) is 0 Å². The molecule has 0 amide bonds. The van der Waals surface area contributed by atoms with Gasteiger partial charge in [0.2, 0.25) is 5.75 Å². The van der Waals surface area contributed by atoms with Crippen LogP contribution >= 0.6 is 0 Å². The second-order valence-corrected chi connectivity index (χ2v) is 8.90. The van der Waals surface area contributed by atoms with E-state index in [4.69, 9.17) is 19.2 Å². The molecule has 0 saturated carbocycles. The molecular formula is C29H38N4O3. The Labute approximate surface area is 214 Å². The number of pyridine rings is 1. The van der Waals surface area contributed by atoms with E-state index in [0.29, 0.717) is 23.8 Å². The van der Waals surface area contributed by atoms with Crippen molar-refractivity contribution in [2.75, 3.05) is 52.4 Å². The Kier molecular flexibility index (Phi) is 8.21. The van der Waals surface area contributed by atoms with E-state index >= 15 is 0 Å². The molecule has 0 N–H and O–H groups in total. The number of rotatable bonds is 12. The van der Waals surface area contributed by atoms with Crippen LogP contribution < -0.4 is 19.1 Å². The molecule has 4 aromatic rings. The Bertz CT molecular complexity index is 1310. The zero-order chi connectivity index (χ0) is 25.7. The van der Waals surface area contributed by atoms with Crippen LogP contribution in [-0.4, -0.2) is 62.0 Å². The average Bonchev–Trinajstić information content (AvgIpc) is 3.22. The number of nitrogens with zero attached hydrogens (tertiary/aromatic N) is 4. The monoisotopic (exact) mass is 490 g/mol. The Balaban J connectivity index is 1.80. The molecule has 0 spiro atoms. The smallest absolute Gasteiger partial charge is 0.203 e. The maximum atomic E-state index is 5.82. The average molecular weight is 491 g/mol. The summed E-state index contributed by atoms with van der Waals surface area (Å²) in [5.74, 6) is 2.92. The number of hydrogen-bond acceptors (Lipinski definition) is 6. The minimum Gasteiger partial charge on any atom is -0.493 e. The number of hydrogen-bond donors (Lipinski definition) is 0. The fraction of sp³-hybridized carbons (Fsp3) is 0.414. The molecular weight excluding hydrogens is 452 g/mol. The highest BCUT2D eigenvalue weighted by Gasteiger charge is 2.22. The first-order valence-electron chi connectivity index (χ1n) is 12.6. The third-order valence-electron chi connectivity index (χ3n) is 7.04. The quantitative estimate of drug-likeness (QED) is 0.262. The fourth-order valence-electron chi connectivity index (χ4n) is 5.11. The van der Waals surface area contributed by atoms with E-state index in [1.807, 2.05) is 12.3 Å². The molecule has 0 unspecified atom stereocenters. The van der Waals surface area contributed by atoms with Crippen molar-refractivity contribution in [3.05, 3.63) is 54.2 Å². The van der Waals surface area contributed by atoms with Crippen LogP contribution in [-0.2, 0) is 13.6 Å². The zero-order valence-corrected chi connectivity index (χ0v) is 22.4. The lowest BCUT2D eigenvalue weighted by Gasteiger charge is -2.28. The summed E-state index contributed by atoms with van der Waals surface area (Å²) in [5, 5.41) is 2.46. The molecule has 0 aliphatic heterocycles. The molecule has 2 aromatic heterocycles. The van der Waals surface area contributed by atoms with Crippen LogP contribution in [0.15, 0.2) is 48.7 Å². The second-order valence-electron chi connectivity index (χ2n) is 8.90. The molecule has 0 aliphatic carbocycles. The maximum absolute atomic E-state index is 5.82. The van der Waals surface area contributed by atoms with Crippen LogP contribution in [0.4, 0.5) is 5.82 Å². The van der Waals surface area contributed by atoms with Gasteiger partial charge in [-0.1, -0.05) is 32.0 Å². The summed E-state index contributed by atoms with van der Waals surface area (Å²) in [5.41, 5.74) is 3.37. The van der Waals surface area contributed by atoms with Gasteiger partial charge in [-0.3, -0.25) is 0 Å². The Hall–Kier alpha value is -3.45. The van der Waals surface area contributed by atoms with E-state index in [0.717, 1.165) is 49.5 Å². The number of para-hydroxylation sites is 1. The topological polar surface area (TPSA) is 52.0 Å². The van der Waals surface area contributed by atoms with Crippen LogP contribution in [0.5, 0.6) is 17.2 Å². The number of methoxy groups -OCH3 is 3. The molecule has 2 aromatic carbocycles. The Morgan fingerprint density at radius 3 is 2.28 bits per heavy atom. The lowest BCUT2D eigenvalue weighted by atomic mass is 10.1. The molecule has 0 radical (unpaired) electrons. The lowest BCUT2D eigenvalue weighted by molar-refractivity contribution is 0.300. The summed E-state index contributed by atoms with van der Waals surface area (Å²) in [7, 11) is 7.08. The minimum atomic E-state index is 0.608.